The van der Waals surface area contributed by atoms with Crippen LogP contribution >= 0.6 is 34.2 Å². The van der Waals surface area contributed by atoms with Crippen molar-refractivity contribution in [2.45, 2.75) is 0 Å². The monoisotopic (exact) mass is 334 g/mol. The molecule has 0 radical (unpaired) electrons. The third-order valence-corrected chi connectivity index (χ3v) is 1.90. The van der Waals surface area contributed by atoms with E-state index in [1.54, 1.807) is 6.20 Å². The quantitative estimate of drug-likeness (QED) is 0.528. The van der Waals surface area contributed by atoms with Crippen LogP contribution in [0.25, 0.3) is 0 Å². The largest absolute Gasteiger partial charge is 1.00 e. The molecule has 0 spiro atoms. The summed E-state index contributed by atoms with van der Waals surface area (Å²) in [5.41, 5.74) is 0. The molecule has 0 saturated carbocycles. The van der Waals surface area contributed by atoms with Gasteiger partial charge < -0.3 is 10.2 Å². The van der Waals surface area contributed by atoms with Crippen molar-refractivity contribution in [3.8, 4) is 0 Å². The van der Waals surface area contributed by atoms with Crippen molar-refractivity contribution in [2.24, 2.45) is 0 Å². The number of hydrogen-bond acceptors (Lipinski definition) is 1. The van der Waals surface area contributed by atoms with Gasteiger partial charge in [-0.05, 0) is 27.7 Å². The molecule has 0 N–H and O–H groups in total. The second-order valence-electron chi connectivity index (χ2n) is 0.983. The molecule has 8 heavy (non-hydrogen) atoms. The predicted octanol–water partition coefficient (Wildman–Crippen LogP) is 1.29. The fourth-order valence-electron chi connectivity index (χ4n) is 0.231. The Kier molecular flexibility index (Phi) is 4.37. The molecule has 0 amide bonds. The minimum absolute atomic E-state index is 0. The molecule has 1 heterocycles. The van der Waals surface area contributed by atoms with Gasteiger partial charge in [-0.1, -0.05) is 0 Å². The topological polar surface area (TPSA) is 27.0 Å². The normalized spacial score (nSPS) is 8.25. The van der Waals surface area contributed by atoms with Crippen molar-refractivity contribution in [1.82, 2.24) is 10.2 Å². The van der Waals surface area contributed by atoms with E-state index in [1.165, 1.54) is 0 Å². The molecular formula is C3HAgClIN2. The molecule has 5 heteroatoms. The van der Waals surface area contributed by atoms with Gasteiger partial charge in [0.05, 0.1) is 0 Å². The smallest absolute Gasteiger partial charge is 0.565 e. The molecule has 0 aliphatic heterocycles. The number of hydrogen-bond donors (Lipinski definition) is 0. The summed E-state index contributed by atoms with van der Waals surface area (Å²) in [6.45, 7) is 0. The van der Waals surface area contributed by atoms with Crippen LogP contribution in [0.4, 0.5) is 0 Å². The van der Waals surface area contributed by atoms with Gasteiger partial charge in [0.25, 0.3) is 0 Å². The molecule has 0 aliphatic carbocycles. The first-order chi connectivity index (χ1) is 3.30. The predicted molar refractivity (Wildman–Crippen MR) is 35.3 cm³/mol. The van der Waals surface area contributed by atoms with Gasteiger partial charge >= 0.3 is 22.4 Å². The van der Waals surface area contributed by atoms with E-state index in [0.717, 1.165) is 3.57 Å². The van der Waals surface area contributed by atoms with Gasteiger partial charge in [-0.2, -0.15) is 0 Å². The second kappa shape index (κ2) is 3.90. The average molecular weight is 335 g/mol. The molecule has 48 valence electrons. The van der Waals surface area contributed by atoms with Crippen LogP contribution in [0.15, 0.2) is 6.20 Å². The fraction of sp³-hybridized carbons (Fsp3) is 0. The van der Waals surface area contributed by atoms with E-state index in [0.29, 0.717) is 5.15 Å². The molecule has 0 unspecified atom stereocenters. The Morgan fingerprint density at radius 1 is 1.75 bits per heavy atom. The van der Waals surface area contributed by atoms with Crippen molar-refractivity contribution < 1.29 is 22.4 Å². The first kappa shape index (κ1) is 8.97. The summed E-state index contributed by atoms with van der Waals surface area (Å²) in [6.07, 6.45) is 1.61. The third-order valence-electron chi connectivity index (χ3n) is 0.514. The number of nitrogens with zero attached hydrogens (tertiary/aromatic N) is 2. The first-order valence-corrected chi connectivity index (χ1v) is 3.06. The number of aromatic nitrogens is 2. The van der Waals surface area contributed by atoms with E-state index < -0.39 is 0 Å². The summed E-state index contributed by atoms with van der Waals surface area (Å²) in [7, 11) is 0. The summed E-state index contributed by atoms with van der Waals surface area (Å²) in [4.78, 5) is 0. The standard InChI is InChI=1S/C3HClIN2.Ag/c4-3-2(5)1-6-7-3;/h1H;/q-1;+1. The van der Waals surface area contributed by atoms with Crippen LogP contribution in [0.2, 0.25) is 5.15 Å². The summed E-state index contributed by atoms with van der Waals surface area (Å²) in [5, 5.41) is 7.54. The van der Waals surface area contributed by atoms with E-state index in [9.17, 15) is 0 Å². The SMILES string of the molecule is Clc1[n-]ncc1I.[Ag+]. The Balaban J connectivity index is 0.000000490. The zero-order valence-electron chi connectivity index (χ0n) is 3.53. The van der Waals surface area contributed by atoms with Crippen LogP contribution in [0.3, 0.4) is 0 Å². The van der Waals surface area contributed by atoms with Crippen LogP contribution in [-0.2, 0) is 22.4 Å². The molecule has 1 rings (SSSR count). The van der Waals surface area contributed by atoms with Crippen LogP contribution in [-0.4, -0.2) is 5.10 Å². The molecule has 0 aliphatic rings. The van der Waals surface area contributed by atoms with Crippen LogP contribution in [0, 0.1) is 3.57 Å². The number of rotatable bonds is 0. The van der Waals surface area contributed by atoms with E-state index >= 15 is 0 Å². The Bertz CT molecular complexity index is 150. The van der Waals surface area contributed by atoms with Crippen molar-refractivity contribution in [3.05, 3.63) is 14.9 Å². The summed E-state index contributed by atoms with van der Waals surface area (Å²) in [6, 6.07) is 0. The van der Waals surface area contributed by atoms with E-state index in [-0.39, 0.29) is 22.4 Å². The van der Waals surface area contributed by atoms with Crippen LogP contribution < -0.4 is 5.10 Å². The second-order valence-corrected chi connectivity index (χ2v) is 2.50. The number of halogens is 2. The molecule has 1 aromatic heterocycles. The average Bonchev–Trinajstić information content (AvgIpc) is 1.91. The minimum Gasteiger partial charge on any atom is -0.565 e. The Morgan fingerprint density at radius 2 is 2.38 bits per heavy atom. The van der Waals surface area contributed by atoms with E-state index in [1.807, 2.05) is 0 Å². The van der Waals surface area contributed by atoms with Crippen LogP contribution in [0.1, 0.15) is 0 Å². The molecule has 0 fully saturated rings. The van der Waals surface area contributed by atoms with Crippen molar-refractivity contribution >= 4 is 34.2 Å². The summed E-state index contributed by atoms with van der Waals surface area (Å²) < 4.78 is 0.902. The minimum atomic E-state index is 0. The maximum absolute atomic E-state index is 5.44. The van der Waals surface area contributed by atoms with E-state index in [2.05, 4.69) is 32.8 Å². The molecule has 0 atom stereocenters. The zero-order chi connectivity index (χ0) is 5.28. The van der Waals surface area contributed by atoms with Gasteiger partial charge in [-0.15, -0.1) is 11.6 Å². The molecule has 0 bridgehead atoms. The maximum Gasteiger partial charge on any atom is 1.00 e. The van der Waals surface area contributed by atoms with Crippen molar-refractivity contribution in [2.75, 3.05) is 0 Å². The molecule has 0 saturated heterocycles. The Labute approximate surface area is 81.0 Å². The van der Waals surface area contributed by atoms with Crippen molar-refractivity contribution in [3.63, 3.8) is 0 Å². The molecule has 1 aromatic rings. The van der Waals surface area contributed by atoms with Gasteiger partial charge in [-0.3, -0.25) is 0 Å². The van der Waals surface area contributed by atoms with Gasteiger partial charge in [0.2, 0.25) is 0 Å². The van der Waals surface area contributed by atoms with Gasteiger partial charge in [0, 0.05) is 9.77 Å². The Morgan fingerprint density at radius 3 is 2.50 bits per heavy atom. The molecule has 0 aromatic carbocycles. The Hall–Kier alpha value is 0.970. The third kappa shape index (κ3) is 2.06. The summed E-state index contributed by atoms with van der Waals surface area (Å²) >= 11 is 7.51. The van der Waals surface area contributed by atoms with Gasteiger partial charge in [-0.25, -0.2) is 0 Å². The molecule has 2 nitrogen and oxygen atoms in total. The maximum atomic E-state index is 5.44. The van der Waals surface area contributed by atoms with Crippen LogP contribution in [0.5, 0.6) is 0 Å². The molecular weight excluding hydrogens is 334 g/mol. The van der Waals surface area contributed by atoms with Gasteiger partial charge in [0.1, 0.15) is 0 Å². The summed E-state index contributed by atoms with van der Waals surface area (Å²) in [5.74, 6) is 0. The fourth-order valence-corrected chi connectivity index (χ4v) is 0.556. The first-order valence-electron chi connectivity index (χ1n) is 1.60. The van der Waals surface area contributed by atoms with Crippen molar-refractivity contribution in [1.29, 1.82) is 0 Å². The van der Waals surface area contributed by atoms with E-state index in [4.69, 9.17) is 11.6 Å². The van der Waals surface area contributed by atoms with Gasteiger partial charge in [0.15, 0.2) is 0 Å². The zero-order valence-corrected chi connectivity index (χ0v) is 7.92.